The Balaban J connectivity index is 1.50. The Hall–Kier alpha value is -5.22. The van der Waals surface area contributed by atoms with Crippen LogP contribution in [0.2, 0.25) is 0 Å². The molecule has 0 fully saturated rings. The zero-order chi connectivity index (χ0) is 30.8. The van der Waals surface area contributed by atoms with Gasteiger partial charge in [-0.3, -0.25) is 14.4 Å². The molecule has 0 aliphatic rings. The molecule has 218 valence electrons. The van der Waals surface area contributed by atoms with E-state index in [0.29, 0.717) is 28.3 Å². The van der Waals surface area contributed by atoms with E-state index in [-0.39, 0.29) is 22.7 Å². The number of thioether (sulfide) groups is 1. The molecule has 0 saturated carbocycles. The number of halogens is 1. The second-order valence-corrected chi connectivity index (χ2v) is 10.5. The molecule has 0 radical (unpaired) electrons. The van der Waals surface area contributed by atoms with Crippen LogP contribution >= 0.6 is 11.8 Å². The Labute approximate surface area is 252 Å². The fourth-order valence-electron chi connectivity index (χ4n) is 3.97. The number of anilines is 2. The summed E-state index contributed by atoms with van der Waals surface area (Å²) in [5.41, 5.74) is 1.11. The first-order valence-electron chi connectivity index (χ1n) is 13.3. The summed E-state index contributed by atoms with van der Waals surface area (Å²) in [6, 6.07) is 27.0. The van der Waals surface area contributed by atoms with Crippen LogP contribution in [0.4, 0.5) is 15.8 Å². The van der Waals surface area contributed by atoms with Gasteiger partial charge in [-0.25, -0.2) is 9.18 Å². The predicted octanol–water partition coefficient (Wildman–Crippen LogP) is 6.44. The smallest absolute Gasteiger partial charge is 0.335 e. The number of rotatable bonds is 11. The number of hydrogen-bond acceptors (Lipinski definition) is 5. The minimum Gasteiger partial charge on any atom is -0.478 e. The third-order valence-electron chi connectivity index (χ3n) is 6.14. The van der Waals surface area contributed by atoms with Crippen molar-refractivity contribution in [2.75, 3.05) is 10.6 Å². The third kappa shape index (κ3) is 8.64. The predicted molar refractivity (Wildman–Crippen MR) is 165 cm³/mol. The Bertz CT molecular complexity index is 1680. The fourth-order valence-corrected chi connectivity index (χ4v) is 4.99. The maximum atomic E-state index is 14.4. The highest BCUT2D eigenvalue weighted by atomic mass is 32.2. The summed E-state index contributed by atoms with van der Waals surface area (Å²) in [5, 5.41) is 16.8. The maximum Gasteiger partial charge on any atom is 0.335 e. The zero-order valence-corrected chi connectivity index (χ0v) is 23.9. The number of benzene rings is 4. The number of nitrogens with one attached hydrogen (secondary N) is 3. The standard InChI is InChI=1S/C33H28FN3O5S/c1-2-29(32(40)36-24-14-8-13-23(18-24)33(41)42)43-26-16-9-15-25(20-26)35-31(39)28(19-22-12-6-7-17-27(22)34)37-30(38)21-10-4-3-5-11-21/h3-20,29H,2H2,1H3,(H,35,39)(H,36,40)(H,37,38)(H,41,42)/b28-19-. The van der Waals surface area contributed by atoms with Crippen molar-refractivity contribution < 1.29 is 28.7 Å². The highest BCUT2D eigenvalue weighted by Gasteiger charge is 2.20. The van der Waals surface area contributed by atoms with E-state index in [9.17, 15) is 28.7 Å². The van der Waals surface area contributed by atoms with Crippen molar-refractivity contribution in [1.82, 2.24) is 5.32 Å². The van der Waals surface area contributed by atoms with Gasteiger partial charge >= 0.3 is 5.97 Å². The lowest BCUT2D eigenvalue weighted by Gasteiger charge is -2.16. The van der Waals surface area contributed by atoms with Gasteiger partial charge in [0.25, 0.3) is 11.8 Å². The molecule has 0 saturated heterocycles. The molecule has 43 heavy (non-hydrogen) atoms. The van der Waals surface area contributed by atoms with Crippen LogP contribution in [-0.4, -0.2) is 34.0 Å². The van der Waals surface area contributed by atoms with Gasteiger partial charge in [0.2, 0.25) is 5.91 Å². The number of carboxylic acid groups (broad SMARTS) is 1. The van der Waals surface area contributed by atoms with E-state index in [0.717, 1.165) is 0 Å². The molecular weight excluding hydrogens is 569 g/mol. The van der Waals surface area contributed by atoms with Crippen molar-refractivity contribution in [2.24, 2.45) is 0 Å². The van der Waals surface area contributed by atoms with E-state index in [1.165, 1.54) is 48.2 Å². The molecule has 4 aromatic rings. The van der Waals surface area contributed by atoms with E-state index in [1.54, 1.807) is 72.8 Å². The Kier molecular flexibility index (Phi) is 10.4. The Morgan fingerprint density at radius 1 is 0.814 bits per heavy atom. The van der Waals surface area contributed by atoms with Crippen molar-refractivity contribution in [1.29, 1.82) is 0 Å². The molecule has 0 aliphatic heterocycles. The lowest BCUT2D eigenvalue weighted by molar-refractivity contribution is -0.116. The summed E-state index contributed by atoms with van der Waals surface area (Å²) in [5.74, 6) is -3.16. The largest absolute Gasteiger partial charge is 0.478 e. The molecule has 0 aromatic heterocycles. The highest BCUT2D eigenvalue weighted by Crippen LogP contribution is 2.29. The number of hydrogen-bond donors (Lipinski definition) is 4. The van der Waals surface area contributed by atoms with Crippen LogP contribution in [0.1, 0.15) is 39.6 Å². The van der Waals surface area contributed by atoms with Gasteiger partial charge in [-0.2, -0.15) is 0 Å². The lowest BCUT2D eigenvalue weighted by atomic mass is 10.1. The zero-order valence-electron chi connectivity index (χ0n) is 23.0. The monoisotopic (exact) mass is 597 g/mol. The van der Waals surface area contributed by atoms with E-state index in [4.69, 9.17) is 0 Å². The minimum atomic E-state index is -1.09. The molecule has 3 amide bonds. The number of carbonyl (C=O) groups excluding carboxylic acids is 3. The van der Waals surface area contributed by atoms with Gasteiger partial charge in [-0.15, -0.1) is 11.8 Å². The van der Waals surface area contributed by atoms with E-state index in [1.807, 2.05) is 6.92 Å². The van der Waals surface area contributed by atoms with Gasteiger partial charge in [0.15, 0.2) is 0 Å². The molecule has 0 bridgehead atoms. The van der Waals surface area contributed by atoms with Gasteiger partial charge in [0.1, 0.15) is 11.5 Å². The SMILES string of the molecule is CCC(Sc1cccc(NC(=O)/C(=C/c2ccccc2F)NC(=O)c2ccccc2)c1)C(=O)Nc1cccc(C(=O)O)c1. The van der Waals surface area contributed by atoms with Crippen molar-refractivity contribution in [3.8, 4) is 0 Å². The van der Waals surface area contributed by atoms with Crippen LogP contribution < -0.4 is 16.0 Å². The molecule has 4 aromatic carbocycles. The first-order valence-corrected chi connectivity index (χ1v) is 14.2. The molecule has 4 rings (SSSR count). The van der Waals surface area contributed by atoms with Gasteiger partial charge in [-0.05, 0) is 67.1 Å². The number of carbonyl (C=O) groups is 4. The van der Waals surface area contributed by atoms with Gasteiger partial charge in [0.05, 0.1) is 10.8 Å². The van der Waals surface area contributed by atoms with Gasteiger partial charge < -0.3 is 21.1 Å². The van der Waals surface area contributed by atoms with Crippen LogP contribution in [0.15, 0.2) is 114 Å². The topological polar surface area (TPSA) is 125 Å². The normalized spacial score (nSPS) is 11.7. The van der Waals surface area contributed by atoms with Crippen LogP contribution in [0.3, 0.4) is 0 Å². The second kappa shape index (κ2) is 14.6. The molecule has 10 heteroatoms. The Morgan fingerprint density at radius 3 is 2.16 bits per heavy atom. The first-order chi connectivity index (χ1) is 20.7. The second-order valence-electron chi connectivity index (χ2n) is 9.27. The van der Waals surface area contributed by atoms with E-state index < -0.39 is 28.9 Å². The summed E-state index contributed by atoms with van der Waals surface area (Å²) in [6.45, 7) is 1.85. The van der Waals surface area contributed by atoms with Gasteiger partial charge in [0, 0.05) is 27.4 Å². The molecular formula is C33H28FN3O5S. The van der Waals surface area contributed by atoms with Crippen molar-refractivity contribution >= 4 is 52.9 Å². The summed E-state index contributed by atoms with van der Waals surface area (Å²) < 4.78 is 14.4. The molecule has 4 N–H and O–H groups in total. The molecule has 1 atom stereocenters. The lowest BCUT2D eigenvalue weighted by Crippen LogP contribution is -2.30. The first kappa shape index (κ1) is 30.7. The summed E-state index contributed by atoms with van der Waals surface area (Å²) >= 11 is 1.28. The average Bonchev–Trinajstić information content (AvgIpc) is 3.01. The molecule has 0 aliphatic carbocycles. The molecule has 1 unspecified atom stereocenters. The van der Waals surface area contributed by atoms with Crippen LogP contribution in [0.25, 0.3) is 6.08 Å². The number of aromatic carboxylic acids is 1. The van der Waals surface area contributed by atoms with Crippen LogP contribution in [0.5, 0.6) is 0 Å². The van der Waals surface area contributed by atoms with Crippen molar-refractivity contribution in [3.63, 3.8) is 0 Å². The maximum absolute atomic E-state index is 14.4. The van der Waals surface area contributed by atoms with Crippen molar-refractivity contribution in [2.45, 2.75) is 23.5 Å². The molecule has 0 heterocycles. The van der Waals surface area contributed by atoms with Crippen LogP contribution in [0, 0.1) is 5.82 Å². The quantitative estimate of drug-likeness (QED) is 0.116. The summed E-state index contributed by atoms with van der Waals surface area (Å²) in [7, 11) is 0. The summed E-state index contributed by atoms with van der Waals surface area (Å²) in [4.78, 5) is 51.1. The third-order valence-corrected chi connectivity index (χ3v) is 7.50. The Morgan fingerprint density at radius 2 is 1.47 bits per heavy atom. The summed E-state index contributed by atoms with van der Waals surface area (Å²) in [6.07, 6.45) is 1.74. The van der Waals surface area contributed by atoms with Crippen LogP contribution in [-0.2, 0) is 9.59 Å². The molecule has 0 spiro atoms. The highest BCUT2D eigenvalue weighted by molar-refractivity contribution is 8.00. The van der Waals surface area contributed by atoms with Gasteiger partial charge in [-0.1, -0.05) is 55.5 Å². The molecule has 8 nitrogen and oxygen atoms in total. The average molecular weight is 598 g/mol. The number of amides is 3. The van der Waals surface area contributed by atoms with E-state index in [2.05, 4.69) is 16.0 Å². The van der Waals surface area contributed by atoms with E-state index >= 15 is 0 Å². The van der Waals surface area contributed by atoms with Crippen molar-refractivity contribution in [3.05, 3.63) is 131 Å². The fraction of sp³-hybridized carbons (Fsp3) is 0.0909. The number of carboxylic acids is 1. The minimum absolute atomic E-state index is 0.0605.